The Balaban J connectivity index is 2.67. The van der Waals surface area contributed by atoms with Gasteiger partial charge in [-0.1, -0.05) is 12.1 Å². The number of aliphatic carboxylic acids is 1. The molecule has 0 aromatic heterocycles. The van der Waals surface area contributed by atoms with Crippen LogP contribution in [0.1, 0.15) is 5.56 Å². The van der Waals surface area contributed by atoms with E-state index in [2.05, 4.69) is 5.32 Å². The van der Waals surface area contributed by atoms with E-state index in [4.69, 9.17) is 15.6 Å². The summed E-state index contributed by atoms with van der Waals surface area (Å²) < 4.78 is 17.5. The zero-order chi connectivity index (χ0) is 15.1. The van der Waals surface area contributed by atoms with Crippen molar-refractivity contribution >= 4 is 11.9 Å². The van der Waals surface area contributed by atoms with Crippen LogP contribution in [0.25, 0.3) is 0 Å². The summed E-state index contributed by atoms with van der Waals surface area (Å²) in [7, 11) is 1.39. The van der Waals surface area contributed by atoms with E-state index < -0.39 is 29.8 Å². The fourth-order valence-electron chi connectivity index (χ4n) is 1.59. The molecular weight excluding hydrogens is 267 g/mol. The third-order valence-corrected chi connectivity index (χ3v) is 2.65. The summed E-state index contributed by atoms with van der Waals surface area (Å²) in [6.45, 7) is -0.00524. The van der Waals surface area contributed by atoms with Crippen LogP contribution in [-0.2, 0) is 20.7 Å². The molecule has 4 N–H and O–H groups in total. The lowest BCUT2D eigenvalue weighted by Gasteiger charge is -2.17. The number of carboxylic acids is 1. The molecule has 0 unspecified atom stereocenters. The molecule has 0 saturated heterocycles. The summed E-state index contributed by atoms with van der Waals surface area (Å²) in [4.78, 5) is 22.8. The number of amides is 1. The van der Waals surface area contributed by atoms with E-state index in [1.54, 1.807) is 0 Å². The number of nitrogens with one attached hydrogen (secondary N) is 1. The standard InChI is InChI=1S/C13H17FN2O4/c1-20-7-10(15)12(17)16-11(13(18)19)6-8-2-4-9(14)5-3-8/h2-5,10-11H,6-7,15H2,1H3,(H,16,17)(H,18,19)/t10-,11-/m0/s1. The first kappa shape index (κ1) is 16.1. The molecular formula is C13H17FN2O4. The highest BCUT2D eigenvalue weighted by Crippen LogP contribution is 2.06. The number of methoxy groups -OCH3 is 1. The first-order valence-corrected chi connectivity index (χ1v) is 5.96. The second kappa shape index (κ2) is 7.56. The highest BCUT2D eigenvalue weighted by molar-refractivity contribution is 5.87. The smallest absolute Gasteiger partial charge is 0.326 e. The number of hydrogen-bond donors (Lipinski definition) is 3. The average molecular weight is 284 g/mol. The SMILES string of the molecule is COC[C@H](N)C(=O)N[C@@H](Cc1ccc(F)cc1)C(=O)O. The van der Waals surface area contributed by atoms with Gasteiger partial charge in [0.25, 0.3) is 0 Å². The van der Waals surface area contributed by atoms with Crippen LogP contribution in [0.4, 0.5) is 4.39 Å². The van der Waals surface area contributed by atoms with Gasteiger partial charge in [-0.3, -0.25) is 4.79 Å². The Kier molecular flexibility index (Phi) is 6.08. The van der Waals surface area contributed by atoms with Crippen LogP contribution in [0.3, 0.4) is 0 Å². The predicted octanol–water partition coefficient (Wildman–Crippen LogP) is -0.0887. The number of ether oxygens (including phenoxy) is 1. The highest BCUT2D eigenvalue weighted by atomic mass is 19.1. The van der Waals surface area contributed by atoms with E-state index in [0.29, 0.717) is 5.56 Å². The molecule has 110 valence electrons. The lowest BCUT2D eigenvalue weighted by atomic mass is 10.1. The number of carbonyl (C=O) groups is 2. The third kappa shape index (κ3) is 4.94. The van der Waals surface area contributed by atoms with Crippen LogP contribution in [0.15, 0.2) is 24.3 Å². The van der Waals surface area contributed by atoms with Crippen molar-refractivity contribution in [2.45, 2.75) is 18.5 Å². The summed E-state index contributed by atoms with van der Waals surface area (Å²) in [6.07, 6.45) is 0.0427. The van der Waals surface area contributed by atoms with Gasteiger partial charge in [0.05, 0.1) is 6.61 Å². The van der Waals surface area contributed by atoms with Crippen molar-refractivity contribution in [2.24, 2.45) is 5.73 Å². The Hall–Kier alpha value is -1.99. The van der Waals surface area contributed by atoms with E-state index in [1.165, 1.54) is 31.4 Å². The van der Waals surface area contributed by atoms with Crippen LogP contribution < -0.4 is 11.1 Å². The maximum atomic E-state index is 12.8. The van der Waals surface area contributed by atoms with Crippen molar-refractivity contribution in [2.75, 3.05) is 13.7 Å². The Labute approximate surface area is 115 Å². The van der Waals surface area contributed by atoms with E-state index in [9.17, 15) is 14.0 Å². The quantitative estimate of drug-likeness (QED) is 0.649. The molecule has 1 amide bonds. The minimum absolute atomic E-state index is 0.00524. The molecule has 0 spiro atoms. The van der Waals surface area contributed by atoms with Gasteiger partial charge in [-0.05, 0) is 17.7 Å². The largest absolute Gasteiger partial charge is 0.480 e. The predicted molar refractivity (Wildman–Crippen MR) is 69.5 cm³/mol. The second-order valence-corrected chi connectivity index (χ2v) is 4.29. The van der Waals surface area contributed by atoms with Gasteiger partial charge in [0, 0.05) is 13.5 Å². The molecule has 1 aromatic rings. The third-order valence-electron chi connectivity index (χ3n) is 2.65. The lowest BCUT2D eigenvalue weighted by Crippen LogP contribution is -2.50. The summed E-state index contributed by atoms with van der Waals surface area (Å²) in [6, 6.07) is 3.32. The first-order valence-electron chi connectivity index (χ1n) is 5.96. The first-order chi connectivity index (χ1) is 9.43. The number of hydrogen-bond acceptors (Lipinski definition) is 4. The van der Waals surface area contributed by atoms with Crippen LogP contribution >= 0.6 is 0 Å². The number of carbonyl (C=O) groups excluding carboxylic acids is 1. The van der Waals surface area contributed by atoms with Crippen LogP contribution in [0.5, 0.6) is 0 Å². The molecule has 2 atom stereocenters. The molecule has 6 nitrogen and oxygen atoms in total. The Morgan fingerprint density at radius 3 is 2.50 bits per heavy atom. The molecule has 0 radical (unpaired) electrons. The van der Waals surface area contributed by atoms with Gasteiger partial charge >= 0.3 is 5.97 Å². The van der Waals surface area contributed by atoms with Crippen molar-refractivity contribution < 1.29 is 23.8 Å². The van der Waals surface area contributed by atoms with Crippen molar-refractivity contribution in [3.63, 3.8) is 0 Å². The number of benzene rings is 1. The van der Waals surface area contributed by atoms with Crippen molar-refractivity contribution in [3.05, 3.63) is 35.6 Å². The summed E-state index contributed by atoms with van der Waals surface area (Å²) in [5, 5.41) is 11.4. The van der Waals surface area contributed by atoms with Crippen molar-refractivity contribution in [3.8, 4) is 0 Å². The van der Waals surface area contributed by atoms with Gasteiger partial charge in [-0.15, -0.1) is 0 Å². The highest BCUT2D eigenvalue weighted by Gasteiger charge is 2.23. The van der Waals surface area contributed by atoms with Gasteiger partial charge in [0.1, 0.15) is 17.9 Å². The maximum Gasteiger partial charge on any atom is 0.326 e. The molecule has 1 rings (SSSR count). The Morgan fingerprint density at radius 2 is 2.00 bits per heavy atom. The molecule has 0 heterocycles. The molecule has 0 aliphatic rings. The van der Waals surface area contributed by atoms with E-state index >= 15 is 0 Å². The molecule has 7 heteroatoms. The molecule has 0 aliphatic carbocycles. The minimum atomic E-state index is -1.19. The van der Waals surface area contributed by atoms with Crippen LogP contribution in [0, 0.1) is 5.82 Å². The maximum absolute atomic E-state index is 12.8. The molecule has 0 fully saturated rings. The Bertz CT molecular complexity index is 464. The molecule has 0 bridgehead atoms. The monoisotopic (exact) mass is 284 g/mol. The molecule has 20 heavy (non-hydrogen) atoms. The summed E-state index contributed by atoms with van der Waals surface area (Å²) in [5.41, 5.74) is 6.11. The Morgan fingerprint density at radius 1 is 1.40 bits per heavy atom. The van der Waals surface area contributed by atoms with E-state index in [-0.39, 0.29) is 13.0 Å². The van der Waals surface area contributed by atoms with Crippen LogP contribution in [0.2, 0.25) is 0 Å². The molecule has 0 saturated carbocycles. The number of nitrogens with two attached hydrogens (primary N) is 1. The van der Waals surface area contributed by atoms with Gasteiger partial charge in [-0.2, -0.15) is 0 Å². The second-order valence-electron chi connectivity index (χ2n) is 4.29. The topological polar surface area (TPSA) is 102 Å². The molecule has 0 aliphatic heterocycles. The summed E-state index contributed by atoms with van der Waals surface area (Å²) in [5.74, 6) is -2.21. The fourth-order valence-corrected chi connectivity index (χ4v) is 1.59. The number of carboxylic acid groups (broad SMARTS) is 1. The van der Waals surface area contributed by atoms with Gasteiger partial charge in [0.15, 0.2) is 0 Å². The van der Waals surface area contributed by atoms with Gasteiger partial charge in [-0.25, -0.2) is 9.18 Å². The fraction of sp³-hybridized carbons (Fsp3) is 0.385. The zero-order valence-electron chi connectivity index (χ0n) is 11.0. The van der Waals surface area contributed by atoms with Gasteiger partial charge < -0.3 is 20.9 Å². The number of rotatable bonds is 7. The number of halogens is 1. The van der Waals surface area contributed by atoms with E-state index in [1.807, 2.05) is 0 Å². The normalized spacial score (nSPS) is 13.6. The minimum Gasteiger partial charge on any atom is -0.480 e. The summed E-state index contributed by atoms with van der Waals surface area (Å²) >= 11 is 0. The van der Waals surface area contributed by atoms with Crippen molar-refractivity contribution in [1.82, 2.24) is 5.32 Å². The van der Waals surface area contributed by atoms with Crippen LogP contribution in [-0.4, -0.2) is 42.8 Å². The zero-order valence-corrected chi connectivity index (χ0v) is 11.0. The van der Waals surface area contributed by atoms with Crippen molar-refractivity contribution in [1.29, 1.82) is 0 Å². The molecule has 1 aromatic carbocycles. The van der Waals surface area contributed by atoms with E-state index in [0.717, 1.165) is 0 Å². The average Bonchev–Trinajstić information content (AvgIpc) is 2.40. The lowest BCUT2D eigenvalue weighted by molar-refractivity contribution is -0.142. The van der Waals surface area contributed by atoms with Gasteiger partial charge in [0.2, 0.25) is 5.91 Å².